The molecule has 20 heavy (non-hydrogen) atoms. The van der Waals surface area contributed by atoms with Crippen LogP contribution in [0.4, 0.5) is 5.95 Å². The Morgan fingerprint density at radius 2 is 1.90 bits per heavy atom. The molecule has 1 rings (SSSR count). The third kappa shape index (κ3) is 5.16. The quantitative estimate of drug-likeness (QED) is 0.749. The first kappa shape index (κ1) is 17.0. The summed E-state index contributed by atoms with van der Waals surface area (Å²) < 4.78 is 2.22. The lowest BCUT2D eigenvalue weighted by atomic mass is 10.2. The number of aromatic nitrogens is 2. The molecule has 1 aromatic rings. The molecule has 4 heteroatoms. The summed E-state index contributed by atoms with van der Waals surface area (Å²) in [5.74, 6) is 1.01. The van der Waals surface area contributed by atoms with Gasteiger partial charge in [-0.05, 0) is 60.2 Å². The molecule has 1 unspecified atom stereocenters. The Morgan fingerprint density at radius 1 is 1.25 bits per heavy atom. The Hall–Kier alpha value is -1.03. The van der Waals surface area contributed by atoms with Gasteiger partial charge in [-0.3, -0.25) is 0 Å². The minimum Gasteiger partial charge on any atom is -0.353 e. The van der Waals surface area contributed by atoms with Gasteiger partial charge in [0, 0.05) is 18.3 Å². The SMILES string of the molecule is CCN(CC)CCCC(C)Nc1nc(C)cn1C(C)C. The number of rotatable bonds is 9. The molecule has 0 amide bonds. The first-order valence-corrected chi connectivity index (χ1v) is 8.02. The van der Waals surface area contributed by atoms with E-state index in [-0.39, 0.29) is 0 Å². The fourth-order valence-corrected chi connectivity index (χ4v) is 2.47. The molecule has 1 aromatic heterocycles. The predicted molar refractivity (Wildman–Crippen MR) is 87.5 cm³/mol. The van der Waals surface area contributed by atoms with E-state index in [0.717, 1.165) is 24.7 Å². The van der Waals surface area contributed by atoms with E-state index in [0.29, 0.717) is 12.1 Å². The van der Waals surface area contributed by atoms with E-state index < -0.39 is 0 Å². The Kier molecular flexibility index (Phi) is 7.06. The van der Waals surface area contributed by atoms with Crippen molar-refractivity contribution in [1.29, 1.82) is 0 Å². The van der Waals surface area contributed by atoms with Crippen LogP contribution in [0.3, 0.4) is 0 Å². The van der Waals surface area contributed by atoms with Crippen LogP contribution in [0, 0.1) is 6.92 Å². The summed E-state index contributed by atoms with van der Waals surface area (Å²) in [7, 11) is 0. The van der Waals surface area contributed by atoms with Crippen molar-refractivity contribution in [3.05, 3.63) is 11.9 Å². The normalized spacial score (nSPS) is 13.2. The van der Waals surface area contributed by atoms with Crippen molar-refractivity contribution in [2.45, 2.75) is 66.5 Å². The number of anilines is 1. The van der Waals surface area contributed by atoms with Gasteiger partial charge in [0.2, 0.25) is 5.95 Å². The van der Waals surface area contributed by atoms with Crippen LogP contribution in [-0.2, 0) is 0 Å². The number of nitrogens with zero attached hydrogens (tertiary/aromatic N) is 3. The summed E-state index contributed by atoms with van der Waals surface area (Å²) in [6.07, 6.45) is 4.54. The highest BCUT2D eigenvalue weighted by molar-refractivity contribution is 5.30. The molecule has 0 saturated carbocycles. The molecule has 0 bridgehead atoms. The summed E-state index contributed by atoms with van der Waals surface area (Å²) in [4.78, 5) is 7.07. The van der Waals surface area contributed by atoms with Crippen molar-refractivity contribution in [2.75, 3.05) is 25.0 Å². The van der Waals surface area contributed by atoms with E-state index in [4.69, 9.17) is 0 Å². The van der Waals surface area contributed by atoms with E-state index >= 15 is 0 Å². The van der Waals surface area contributed by atoms with Gasteiger partial charge >= 0.3 is 0 Å². The zero-order valence-electron chi connectivity index (χ0n) is 14.1. The number of hydrogen-bond acceptors (Lipinski definition) is 3. The molecular weight excluding hydrogens is 248 g/mol. The van der Waals surface area contributed by atoms with Crippen LogP contribution in [0.1, 0.15) is 59.2 Å². The lowest BCUT2D eigenvalue weighted by Gasteiger charge is -2.21. The lowest BCUT2D eigenvalue weighted by molar-refractivity contribution is 0.295. The second kappa shape index (κ2) is 8.30. The van der Waals surface area contributed by atoms with E-state index in [1.807, 2.05) is 0 Å². The third-order valence-electron chi connectivity index (χ3n) is 3.79. The second-order valence-electron chi connectivity index (χ2n) is 5.92. The van der Waals surface area contributed by atoms with Gasteiger partial charge in [0.15, 0.2) is 0 Å². The van der Waals surface area contributed by atoms with E-state index in [1.54, 1.807) is 0 Å². The summed E-state index contributed by atoms with van der Waals surface area (Å²) in [6, 6.07) is 0.909. The van der Waals surface area contributed by atoms with Gasteiger partial charge in [-0.2, -0.15) is 0 Å². The van der Waals surface area contributed by atoms with Crippen molar-refractivity contribution >= 4 is 5.95 Å². The molecule has 0 spiro atoms. The van der Waals surface area contributed by atoms with Crippen LogP contribution < -0.4 is 5.32 Å². The minimum absolute atomic E-state index is 0.446. The Bertz CT molecular complexity index is 380. The summed E-state index contributed by atoms with van der Waals surface area (Å²) in [5.41, 5.74) is 1.08. The number of aryl methyl sites for hydroxylation is 1. The molecule has 116 valence electrons. The molecule has 0 saturated heterocycles. The fraction of sp³-hybridized carbons (Fsp3) is 0.812. The van der Waals surface area contributed by atoms with Gasteiger partial charge in [0.25, 0.3) is 0 Å². The molecule has 0 aliphatic rings. The fourth-order valence-electron chi connectivity index (χ4n) is 2.47. The van der Waals surface area contributed by atoms with Gasteiger partial charge in [-0.1, -0.05) is 13.8 Å². The average Bonchev–Trinajstić information content (AvgIpc) is 2.75. The lowest BCUT2D eigenvalue weighted by Crippen LogP contribution is -2.26. The summed E-state index contributed by atoms with van der Waals surface area (Å²) >= 11 is 0. The van der Waals surface area contributed by atoms with Crippen molar-refractivity contribution in [2.24, 2.45) is 0 Å². The van der Waals surface area contributed by atoms with Gasteiger partial charge in [0.05, 0.1) is 5.69 Å². The molecule has 0 fully saturated rings. The van der Waals surface area contributed by atoms with Crippen LogP contribution in [0.5, 0.6) is 0 Å². The largest absolute Gasteiger partial charge is 0.353 e. The highest BCUT2D eigenvalue weighted by Gasteiger charge is 2.11. The molecule has 1 atom stereocenters. The van der Waals surface area contributed by atoms with Gasteiger partial charge in [-0.15, -0.1) is 0 Å². The topological polar surface area (TPSA) is 33.1 Å². The maximum Gasteiger partial charge on any atom is 0.203 e. The smallest absolute Gasteiger partial charge is 0.203 e. The number of imidazole rings is 1. The van der Waals surface area contributed by atoms with E-state index in [9.17, 15) is 0 Å². The zero-order valence-corrected chi connectivity index (χ0v) is 14.1. The Morgan fingerprint density at radius 3 is 2.45 bits per heavy atom. The standard InChI is InChI=1S/C16H32N4/c1-7-19(8-2)11-9-10-14(5)17-16-18-15(6)12-20(16)13(3)4/h12-14H,7-11H2,1-6H3,(H,17,18). The second-order valence-corrected chi connectivity index (χ2v) is 5.92. The third-order valence-corrected chi connectivity index (χ3v) is 3.79. The molecule has 1 N–H and O–H groups in total. The number of nitrogens with one attached hydrogen (secondary N) is 1. The van der Waals surface area contributed by atoms with Crippen LogP contribution in [0.15, 0.2) is 6.20 Å². The van der Waals surface area contributed by atoms with Gasteiger partial charge in [0.1, 0.15) is 0 Å². The van der Waals surface area contributed by atoms with Crippen molar-refractivity contribution in [1.82, 2.24) is 14.5 Å². The Balaban J connectivity index is 2.44. The summed E-state index contributed by atoms with van der Waals surface area (Å²) in [6.45, 7) is 16.6. The van der Waals surface area contributed by atoms with Gasteiger partial charge in [-0.25, -0.2) is 4.98 Å². The Labute approximate surface area is 124 Å². The number of hydrogen-bond donors (Lipinski definition) is 1. The van der Waals surface area contributed by atoms with Crippen LogP contribution in [0.2, 0.25) is 0 Å². The average molecular weight is 280 g/mol. The molecule has 4 nitrogen and oxygen atoms in total. The first-order chi connectivity index (χ1) is 9.47. The van der Waals surface area contributed by atoms with Gasteiger partial charge < -0.3 is 14.8 Å². The van der Waals surface area contributed by atoms with E-state index in [1.165, 1.54) is 19.4 Å². The van der Waals surface area contributed by atoms with Crippen molar-refractivity contribution in [3.8, 4) is 0 Å². The maximum absolute atomic E-state index is 4.59. The van der Waals surface area contributed by atoms with Crippen molar-refractivity contribution in [3.63, 3.8) is 0 Å². The molecular formula is C16H32N4. The van der Waals surface area contributed by atoms with Crippen molar-refractivity contribution < 1.29 is 0 Å². The monoisotopic (exact) mass is 280 g/mol. The van der Waals surface area contributed by atoms with Crippen LogP contribution in [-0.4, -0.2) is 40.1 Å². The van der Waals surface area contributed by atoms with Crippen LogP contribution in [0.25, 0.3) is 0 Å². The minimum atomic E-state index is 0.446. The first-order valence-electron chi connectivity index (χ1n) is 8.02. The maximum atomic E-state index is 4.59. The highest BCUT2D eigenvalue weighted by Crippen LogP contribution is 2.17. The molecule has 0 radical (unpaired) electrons. The molecule has 0 aliphatic heterocycles. The summed E-state index contributed by atoms with van der Waals surface area (Å²) in [5, 5.41) is 3.56. The molecule has 0 aliphatic carbocycles. The van der Waals surface area contributed by atoms with E-state index in [2.05, 4.69) is 67.5 Å². The molecule has 1 heterocycles. The highest BCUT2D eigenvalue weighted by atomic mass is 15.2. The predicted octanol–water partition coefficient (Wildman–Crippen LogP) is 3.69. The zero-order chi connectivity index (χ0) is 15.1. The van der Waals surface area contributed by atoms with Crippen LogP contribution >= 0.6 is 0 Å². The molecule has 0 aromatic carbocycles.